The Morgan fingerprint density at radius 2 is 1.91 bits per heavy atom. The van der Waals surface area contributed by atoms with Crippen LogP contribution in [-0.4, -0.2) is 23.3 Å². The number of rotatable bonds is 5. The van der Waals surface area contributed by atoms with Gasteiger partial charge in [0.1, 0.15) is 5.69 Å². The number of benzene rings is 1. The number of nitrogens with zero attached hydrogens (tertiary/aromatic N) is 1. The SMILES string of the molecule is CC(NC(=O)CNC(=O)c1cc(Cl)ccn1)c1cccc(Cl)c1. The Morgan fingerprint density at radius 1 is 1.17 bits per heavy atom. The molecule has 1 aromatic heterocycles. The number of carbonyl (C=O) groups excluding carboxylic acids is 2. The van der Waals surface area contributed by atoms with E-state index in [4.69, 9.17) is 23.2 Å². The number of carbonyl (C=O) groups is 2. The van der Waals surface area contributed by atoms with Crippen LogP contribution < -0.4 is 10.6 Å². The van der Waals surface area contributed by atoms with Crippen molar-refractivity contribution in [2.45, 2.75) is 13.0 Å². The summed E-state index contributed by atoms with van der Waals surface area (Å²) in [6.45, 7) is 1.68. The van der Waals surface area contributed by atoms with Crippen molar-refractivity contribution in [3.63, 3.8) is 0 Å². The molecular formula is C16H15Cl2N3O2. The average Bonchev–Trinajstić information content (AvgIpc) is 2.52. The Morgan fingerprint density at radius 3 is 2.61 bits per heavy atom. The molecule has 2 aromatic rings. The zero-order chi connectivity index (χ0) is 16.8. The normalized spacial score (nSPS) is 11.6. The predicted molar refractivity (Wildman–Crippen MR) is 89.6 cm³/mol. The first kappa shape index (κ1) is 17.2. The third kappa shape index (κ3) is 5.23. The van der Waals surface area contributed by atoms with Crippen molar-refractivity contribution in [1.29, 1.82) is 0 Å². The molecule has 0 spiro atoms. The lowest BCUT2D eigenvalue weighted by atomic mass is 10.1. The van der Waals surface area contributed by atoms with Crippen LogP contribution in [0.4, 0.5) is 0 Å². The van der Waals surface area contributed by atoms with Gasteiger partial charge in [-0.3, -0.25) is 14.6 Å². The maximum atomic E-state index is 11.9. The third-order valence-electron chi connectivity index (χ3n) is 3.09. The minimum atomic E-state index is -0.460. The van der Waals surface area contributed by atoms with E-state index in [0.29, 0.717) is 10.0 Å². The van der Waals surface area contributed by atoms with E-state index < -0.39 is 5.91 Å². The maximum Gasteiger partial charge on any atom is 0.270 e. The molecule has 0 radical (unpaired) electrons. The molecule has 0 saturated carbocycles. The number of halogens is 2. The van der Waals surface area contributed by atoms with Crippen LogP contribution >= 0.6 is 23.2 Å². The summed E-state index contributed by atoms with van der Waals surface area (Å²) in [5, 5.41) is 6.29. The molecule has 1 unspecified atom stereocenters. The van der Waals surface area contributed by atoms with Gasteiger partial charge in [-0.2, -0.15) is 0 Å². The lowest BCUT2D eigenvalue weighted by Gasteiger charge is -2.15. The lowest BCUT2D eigenvalue weighted by Crippen LogP contribution is -2.38. The Kier molecular flexibility index (Phi) is 5.96. The Bertz CT molecular complexity index is 722. The third-order valence-corrected chi connectivity index (χ3v) is 3.56. The largest absolute Gasteiger partial charge is 0.348 e. The fourth-order valence-electron chi connectivity index (χ4n) is 1.93. The maximum absolute atomic E-state index is 11.9. The highest BCUT2D eigenvalue weighted by molar-refractivity contribution is 6.31. The molecule has 0 saturated heterocycles. The van der Waals surface area contributed by atoms with Crippen molar-refractivity contribution in [2.24, 2.45) is 0 Å². The molecule has 2 amide bonds. The van der Waals surface area contributed by atoms with Crippen LogP contribution in [0.5, 0.6) is 0 Å². The van der Waals surface area contributed by atoms with Gasteiger partial charge in [-0.15, -0.1) is 0 Å². The summed E-state index contributed by atoms with van der Waals surface area (Å²) in [7, 11) is 0. The highest BCUT2D eigenvalue weighted by atomic mass is 35.5. The summed E-state index contributed by atoms with van der Waals surface area (Å²) in [6, 6.07) is 10.0. The van der Waals surface area contributed by atoms with E-state index in [1.165, 1.54) is 12.3 Å². The van der Waals surface area contributed by atoms with E-state index in [0.717, 1.165) is 5.56 Å². The molecule has 5 nitrogen and oxygen atoms in total. The number of pyridine rings is 1. The van der Waals surface area contributed by atoms with Gasteiger partial charge in [-0.1, -0.05) is 35.3 Å². The molecule has 23 heavy (non-hydrogen) atoms. The topological polar surface area (TPSA) is 71.1 Å². The van der Waals surface area contributed by atoms with Gasteiger partial charge in [0.05, 0.1) is 12.6 Å². The quantitative estimate of drug-likeness (QED) is 0.869. The molecule has 0 fully saturated rings. The van der Waals surface area contributed by atoms with E-state index >= 15 is 0 Å². The zero-order valence-corrected chi connectivity index (χ0v) is 13.9. The van der Waals surface area contributed by atoms with Gasteiger partial charge in [0.2, 0.25) is 5.91 Å². The summed E-state index contributed by atoms with van der Waals surface area (Å²) >= 11 is 11.7. The fourth-order valence-corrected chi connectivity index (χ4v) is 2.29. The van der Waals surface area contributed by atoms with E-state index in [1.807, 2.05) is 19.1 Å². The van der Waals surface area contributed by atoms with Gasteiger partial charge in [0.25, 0.3) is 5.91 Å². The van der Waals surface area contributed by atoms with Gasteiger partial charge < -0.3 is 10.6 Å². The molecule has 1 heterocycles. The van der Waals surface area contributed by atoms with Crippen LogP contribution in [0.15, 0.2) is 42.6 Å². The molecular weight excluding hydrogens is 337 g/mol. The van der Waals surface area contributed by atoms with Crippen molar-refractivity contribution in [3.05, 3.63) is 63.9 Å². The van der Waals surface area contributed by atoms with Crippen molar-refractivity contribution >= 4 is 35.0 Å². The van der Waals surface area contributed by atoms with Crippen LogP contribution in [0.3, 0.4) is 0 Å². The number of aromatic nitrogens is 1. The van der Waals surface area contributed by atoms with Crippen LogP contribution in [0.2, 0.25) is 10.0 Å². The van der Waals surface area contributed by atoms with Crippen LogP contribution in [0.1, 0.15) is 29.0 Å². The van der Waals surface area contributed by atoms with Crippen molar-refractivity contribution in [2.75, 3.05) is 6.54 Å². The van der Waals surface area contributed by atoms with Crippen molar-refractivity contribution in [1.82, 2.24) is 15.6 Å². The molecule has 1 aromatic carbocycles. The van der Waals surface area contributed by atoms with E-state index in [-0.39, 0.29) is 24.2 Å². The van der Waals surface area contributed by atoms with Gasteiger partial charge in [0.15, 0.2) is 0 Å². The van der Waals surface area contributed by atoms with E-state index in [9.17, 15) is 9.59 Å². The average molecular weight is 352 g/mol. The second-order valence-corrected chi connectivity index (χ2v) is 5.76. The van der Waals surface area contributed by atoms with Gasteiger partial charge in [-0.25, -0.2) is 0 Å². The molecule has 2 N–H and O–H groups in total. The summed E-state index contributed by atoms with van der Waals surface area (Å²) in [5.74, 6) is -0.772. The van der Waals surface area contributed by atoms with Crippen LogP contribution in [0, 0.1) is 0 Å². The minimum absolute atomic E-state index is 0.155. The predicted octanol–water partition coefficient (Wildman–Crippen LogP) is 3.00. The molecule has 0 aliphatic carbocycles. The lowest BCUT2D eigenvalue weighted by molar-refractivity contribution is -0.120. The summed E-state index contributed by atoms with van der Waals surface area (Å²) < 4.78 is 0. The highest BCUT2D eigenvalue weighted by Gasteiger charge is 2.12. The molecule has 2 rings (SSSR count). The number of nitrogens with one attached hydrogen (secondary N) is 2. The summed E-state index contributed by atoms with van der Waals surface area (Å²) in [6.07, 6.45) is 1.43. The Balaban J connectivity index is 1.86. The molecule has 0 bridgehead atoms. The fraction of sp³-hybridized carbons (Fsp3) is 0.188. The van der Waals surface area contributed by atoms with Gasteiger partial charge in [-0.05, 0) is 36.8 Å². The summed E-state index contributed by atoms with van der Waals surface area (Å²) in [5.41, 5.74) is 1.04. The minimum Gasteiger partial charge on any atom is -0.348 e. The summed E-state index contributed by atoms with van der Waals surface area (Å²) in [4.78, 5) is 27.7. The molecule has 1 atom stereocenters. The number of hydrogen-bond donors (Lipinski definition) is 2. The van der Waals surface area contributed by atoms with E-state index in [1.54, 1.807) is 18.2 Å². The van der Waals surface area contributed by atoms with Crippen molar-refractivity contribution in [3.8, 4) is 0 Å². The second kappa shape index (κ2) is 7.94. The molecule has 120 valence electrons. The molecule has 0 aliphatic rings. The smallest absolute Gasteiger partial charge is 0.270 e. The van der Waals surface area contributed by atoms with Crippen LogP contribution in [-0.2, 0) is 4.79 Å². The Hall–Kier alpha value is -2.11. The van der Waals surface area contributed by atoms with E-state index in [2.05, 4.69) is 15.6 Å². The second-order valence-electron chi connectivity index (χ2n) is 4.89. The van der Waals surface area contributed by atoms with Crippen LogP contribution in [0.25, 0.3) is 0 Å². The van der Waals surface area contributed by atoms with Gasteiger partial charge >= 0.3 is 0 Å². The molecule has 0 aliphatic heterocycles. The number of hydrogen-bond acceptors (Lipinski definition) is 3. The zero-order valence-electron chi connectivity index (χ0n) is 12.3. The first-order valence-corrected chi connectivity index (χ1v) is 7.66. The number of amides is 2. The highest BCUT2D eigenvalue weighted by Crippen LogP contribution is 2.17. The van der Waals surface area contributed by atoms with Gasteiger partial charge in [0, 0.05) is 16.2 Å². The molecule has 7 heteroatoms. The standard InChI is InChI=1S/C16H15Cl2N3O2/c1-10(11-3-2-4-12(17)7-11)21-15(22)9-20-16(23)14-8-13(18)5-6-19-14/h2-8,10H,9H2,1H3,(H,20,23)(H,21,22). The van der Waals surface area contributed by atoms with Crippen molar-refractivity contribution < 1.29 is 9.59 Å². The Labute approximate surface area is 144 Å². The first-order valence-electron chi connectivity index (χ1n) is 6.90. The first-order chi connectivity index (χ1) is 11.0. The monoisotopic (exact) mass is 351 g/mol.